The molecule has 0 aliphatic carbocycles. The second-order valence-corrected chi connectivity index (χ2v) is 5.09. The van der Waals surface area contributed by atoms with Gasteiger partial charge in [0, 0.05) is 0 Å². The monoisotopic (exact) mass is 256 g/mol. The van der Waals surface area contributed by atoms with Crippen LogP contribution in [0.4, 0.5) is 0 Å². The van der Waals surface area contributed by atoms with Crippen LogP contribution in [0.25, 0.3) is 0 Å². The lowest BCUT2D eigenvalue weighted by molar-refractivity contribution is 0.0168. The minimum absolute atomic E-state index is 0.729. The molecule has 0 aromatic heterocycles. The third kappa shape index (κ3) is 2.86. The molecule has 0 radical (unpaired) electrons. The number of aryl methyl sites for hydroxylation is 3. The molecule has 0 aliphatic rings. The zero-order valence-electron chi connectivity index (χ0n) is 11.6. The molecule has 0 amide bonds. The number of aliphatic hydroxyl groups excluding tert-OH is 2. The normalized spacial score (nSPS) is 14.2. The van der Waals surface area contributed by atoms with Crippen LogP contribution < -0.4 is 0 Å². The maximum atomic E-state index is 10.4. The van der Waals surface area contributed by atoms with Crippen LogP contribution in [-0.2, 0) is 0 Å². The quantitative estimate of drug-likeness (QED) is 0.883. The van der Waals surface area contributed by atoms with Gasteiger partial charge in [0.15, 0.2) is 0 Å². The molecule has 0 spiro atoms. The van der Waals surface area contributed by atoms with Crippen LogP contribution in [0.15, 0.2) is 42.5 Å². The Balaban J connectivity index is 2.34. The summed E-state index contributed by atoms with van der Waals surface area (Å²) in [6, 6.07) is 13.3. The van der Waals surface area contributed by atoms with E-state index < -0.39 is 12.2 Å². The summed E-state index contributed by atoms with van der Waals surface area (Å²) in [6.45, 7) is 6.02. The predicted octanol–water partition coefficient (Wildman–Crippen LogP) is 3.38. The van der Waals surface area contributed by atoms with Crippen LogP contribution in [0.3, 0.4) is 0 Å². The van der Waals surface area contributed by atoms with Crippen LogP contribution in [0.5, 0.6) is 0 Å². The third-order valence-electron chi connectivity index (χ3n) is 3.64. The molecule has 2 rings (SSSR count). The smallest absolute Gasteiger partial charge is 0.109 e. The van der Waals surface area contributed by atoms with Gasteiger partial charge in [0.25, 0.3) is 0 Å². The Hall–Kier alpha value is -1.64. The summed E-state index contributed by atoms with van der Waals surface area (Å²) in [4.78, 5) is 0. The van der Waals surface area contributed by atoms with Gasteiger partial charge in [0.1, 0.15) is 12.2 Å². The highest BCUT2D eigenvalue weighted by Gasteiger charge is 2.21. The highest BCUT2D eigenvalue weighted by molar-refractivity contribution is 5.38. The largest absolute Gasteiger partial charge is 0.385 e. The number of aliphatic hydroxyl groups is 2. The topological polar surface area (TPSA) is 40.5 Å². The molecule has 0 aliphatic heterocycles. The highest BCUT2D eigenvalue weighted by atomic mass is 16.3. The van der Waals surface area contributed by atoms with Crippen molar-refractivity contribution in [2.45, 2.75) is 33.0 Å². The first-order chi connectivity index (χ1) is 9.00. The van der Waals surface area contributed by atoms with Gasteiger partial charge < -0.3 is 10.2 Å². The molecule has 2 heteroatoms. The minimum atomic E-state index is -0.901. The van der Waals surface area contributed by atoms with E-state index in [9.17, 15) is 10.2 Å². The standard InChI is InChI=1S/C17H20O2/c1-11-9-13(3)15(10-12(11)2)17(19)16(18)14-7-5-4-6-8-14/h4-10,16-19H,1-3H3. The second kappa shape index (κ2) is 5.55. The van der Waals surface area contributed by atoms with Crippen LogP contribution in [-0.4, -0.2) is 10.2 Å². The van der Waals surface area contributed by atoms with Crippen LogP contribution in [0, 0.1) is 20.8 Å². The van der Waals surface area contributed by atoms with Gasteiger partial charge in [-0.3, -0.25) is 0 Å². The van der Waals surface area contributed by atoms with Crippen LogP contribution in [0.2, 0.25) is 0 Å². The number of hydrogen-bond acceptors (Lipinski definition) is 2. The molecular formula is C17H20O2. The Morgan fingerprint density at radius 3 is 1.95 bits per heavy atom. The number of benzene rings is 2. The SMILES string of the molecule is Cc1cc(C)c(C(O)C(O)c2ccccc2)cc1C. The molecule has 2 atom stereocenters. The van der Waals surface area contributed by atoms with Gasteiger partial charge in [-0.15, -0.1) is 0 Å². The van der Waals surface area contributed by atoms with Gasteiger partial charge in [-0.25, -0.2) is 0 Å². The molecule has 100 valence electrons. The predicted molar refractivity (Wildman–Crippen MR) is 77.0 cm³/mol. The van der Waals surface area contributed by atoms with Gasteiger partial charge >= 0.3 is 0 Å². The van der Waals surface area contributed by atoms with Crippen molar-refractivity contribution in [3.05, 3.63) is 70.3 Å². The molecule has 2 aromatic carbocycles. The van der Waals surface area contributed by atoms with E-state index >= 15 is 0 Å². The summed E-state index contributed by atoms with van der Waals surface area (Å²) in [6.07, 6.45) is -1.80. The van der Waals surface area contributed by atoms with Crippen LogP contribution in [0.1, 0.15) is 40.0 Å². The first-order valence-corrected chi connectivity index (χ1v) is 6.49. The summed E-state index contributed by atoms with van der Waals surface area (Å²) < 4.78 is 0. The Labute approximate surface area is 114 Å². The van der Waals surface area contributed by atoms with Gasteiger partial charge in [-0.1, -0.05) is 42.5 Å². The van der Waals surface area contributed by atoms with Crippen molar-refractivity contribution in [1.29, 1.82) is 0 Å². The molecule has 0 fully saturated rings. The lowest BCUT2D eigenvalue weighted by Crippen LogP contribution is -2.12. The molecule has 19 heavy (non-hydrogen) atoms. The van der Waals surface area contributed by atoms with E-state index in [0.29, 0.717) is 0 Å². The van der Waals surface area contributed by atoms with Crippen molar-refractivity contribution in [3.8, 4) is 0 Å². The van der Waals surface area contributed by atoms with Gasteiger partial charge in [-0.05, 0) is 48.6 Å². The number of rotatable bonds is 3. The average Bonchev–Trinajstić information content (AvgIpc) is 2.42. The molecule has 0 saturated heterocycles. The molecule has 0 bridgehead atoms. The summed E-state index contributed by atoms with van der Waals surface area (Å²) in [5.41, 5.74) is 4.85. The van der Waals surface area contributed by atoms with Crippen LogP contribution >= 0.6 is 0 Å². The van der Waals surface area contributed by atoms with Crippen molar-refractivity contribution >= 4 is 0 Å². The maximum Gasteiger partial charge on any atom is 0.109 e. The molecule has 0 saturated carbocycles. The van der Waals surface area contributed by atoms with Crippen molar-refractivity contribution in [2.75, 3.05) is 0 Å². The summed E-state index contributed by atoms with van der Waals surface area (Å²) in [5, 5.41) is 20.7. The van der Waals surface area contributed by atoms with E-state index in [1.165, 1.54) is 5.56 Å². The van der Waals surface area contributed by atoms with E-state index in [1.807, 2.05) is 63.2 Å². The zero-order chi connectivity index (χ0) is 14.0. The fourth-order valence-corrected chi connectivity index (χ4v) is 2.30. The summed E-state index contributed by atoms with van der Waals surface area (Å²) in [5.74, 6) is 0. The maximum absolute atomic E-state index is 10.4. The molecule has 2 N–H and O–H groups in total. The van der Waals surface area contributed by atoms with E-state index in [2.05, 4.69) is 0 Å². The molecular weight excluding hydrogens is 236 g/mol. The Kier molecular flexibility index (Phi) is 4.03. The minimum Gasteiger partial charge on any atom is -0.385 e. The van der Waals surface area contributed by atoms with Gasteiger partial charge in [-0.2, -0.15) is 0 Å². The Morgan fingerprint density at radius 2 is 1.32 bits per heavy atom. The highest BCUT2D eigenvalue weighted by Crippen LogP contribution is 2.31. The molecule has 2 aromatic rings. The van der Waals surface area contributed by atoms with Gasteiger partial charge in [0.05, 0.1) is 0 Å². The van der Waals surface area contributed by atoms with Crippen molar-refractivity contribution < 1.29 is 10.2 Å². The lowest BCUT2D eigenvalue weighted by atomic mass is 9.92. The molecule has 2 unspecified atom stereocenters. The fraction of sp³-hybridized carbons (Fsp3) is 0.294. The second-order valence-electron chi connectivity index (χ2n) is 5.09. The van der Waals surface area contributed by atoms with E-state index in [0.717, 1.165) is 22.3 Å². The first-order valence-electron chi connectivity index (χ1n) is 6.49. The Bertz CT molecular complexity index is 561. The fourth-order valence-electron chi connectivity index (χ4n) is 2.30. The van der Waals surface area contributed by atoms with E-state index in [-0.39, 0.29) is 0 Å². The van der Waals surface area contributed by atoms with Crippen molar-refractivity contribution in [3.63, 3.8) is 0 Å². The van der Waals surface area contributed by atoms with Crippen molar-refractivity contribution in [2.24, 2.45) is 0 Å². The Morgan fingerprint density at radius 1 is 0.737 bits per heavy atom. The molecule has 2 nitrogen and oxygen atoms in total. The molecule has 0 heterocycles. The van der Waals surface area contributed by atoms with E-state index in [1.54, 1.807) is 0 Å². The average molecular weight is 256 g/mol. The number of hydrogen-bond donors (Lipinski definition) is 2. The zero-order valence-corrected chi connectivity index (χ0v) is 11.6. The summed E-state index contributed by atoms with van der Waals surface area (Å²) >= 11 is 0. The third-order valence-corrected chi connectivity index (χ3v) is 3.64. The van der Waals surface area contributed by atoms with E-state index in [4.69, 9.17) is 0 Å². The van der Waals surface area contributed by atoms with Gasteiger partial charge in [0.2, 0.25) is 0 Å². The lowest BCUT2D eigenvalue weighted by Gasteiger charge is -2.21. The summed E-state index contributed by atoms with van der Waals surface area (Å²) in [7, 11) is 0. The first kappa shape index (κ1) is 13.8. The van der Waals surface area contributed by atoms with Crippen molar-refractivity contribution in [1.82, 2.24) is 0 Å².